The second kappa shape index (κ2) is 3.85. The van der Waals surface area contributed by atoms with E-state index >= 15 is 0 Å². The van der Waals surface area contributed by atoms with Gasteiger partial charge in [0.1, 0.15) is 0 Å². The molecule has 1 atom stereocenters. The number of halogens is 3. The lowest BCUT2D eigenvalue weighted by atomic mass is 9.81. The molecule has 0 nitrogen and oxygen atoms in total. The molecule has 1 aromatic rings. The van der Waals surface area contributed by atoms with Gasteiger partial charge >= 0.3 is 0 Å². The standard InChI is InChI=1S/C12H13BrF2/c1-12(7-11(14)15)6-5-8-9(12)3-2-4-10(8)13/h2-4,11H,5-7H2,1H3. The van der Waals surface area contributed by atoms with Gasteiger partial charge in [-0.1, -0.05) is 35.0 Å². The highest BCUT2D eigenvalue weighted by atomic mass is 79.9. The van der Waals surface area contributed by atoms with Crippen LogP contribution in [0.5, 0.6) is 0 Å². The molecule has 0 aromatic heterocycles. The molecule has 2 rings (SSSR count). The molecule has 82 valence electrons. The molecule has 1 unspecified atom stereocenters. The third kappa shape index (κ3) is 1.94. The second-order valence-electron chi connectivity index (χ2n) is 4.42. The number of benzene rings is 1. The number of alkyl halides is 2. The van der Waals surface area contributed by atoms with E-state index in [0.717, 1.165) is 22.9 Å². The summed E-state index contributed by atoms with van der Waals surface area (Å²) in [4.78, 5) is 0. The maximum absolute atomic E-state index is 12.5. The van der Waals surface area contributed by atoms with Crippen LogP contribution in [-0.2, 0) is 11.8 Å². The zero-order valence-electron chi connectivity index (χ0n) is 8.56. The molecule has 0 saturated carbocycles. The van der Waals surface area contributed by atoms with Gasteiger partial charge in [0.05, 0.1) is 0 Å². The van der Waals surface area contributed by atoms with E-state index in [1.807, 2.05) is 25.1 Å². The minimum absolute atomic E-state index is 0.0313. The normalized spacial score (nSPS) is 24.6. The lowest BCUT2D eigenvalue weighted by molar-refractivity contribution is 0.107. The number of hydrogen-bond acceptors (Lipinski definition) is 0. The van der Waals surface area contributed by atoms with Crippen molar-refractivity contribution in [3.63, 3.8) is 0 Å². The smallest absolute Gasteiger partial charge is 0.211 e. The Balaban J connectivity index is 2.39. The highest BCUT2D eigenvalue weighted by Gasteiger charge is 2.37. The minimum atomic E-state index is -2.22. The lowest BCUT2D eigenvalue weighted by Crippen LogP contribution is -2.21. The summed E-state index contributed by atoms with van der Waals surface area (Å²) in [6.07, 6.45) is -0.522. The highest BCUT2D eigenvalue weighted by molar-refractivity contribution is 9.10. The molecular weight excluding hydrogens is 262 g/mol. The Morgan fingerprint density at radius 3 is 2.87 bits per heavy atom. The van der Waals surface area contributed by atoms with Crippen LogP contribution in [0.25, 0.3) is 0 Å². The maximum Gasteiger partial charge on any atom is 0.239 e. The molecule has 0 spiro atoms. The summed E-state index contributed by atoms with van der Waals surface area (Å²) in [6.45, 7) is 1.94. The predicted molar refractivity (Wildman–Crippen MR) is 60.4 cm³/mol. The third-order valence-electron chi connectivity index (χ3n) is 3.30. The molecule has 1 aliphatic rings. The van der Waals surface area contributed by atoms with Gasteiger partial charge in [-0.3, -0.25) is 0 Å². The first-order valence-corrected chi connectivity index (χ1v) is 5.88. The molecular formula is C12H13BrF2. The van der Waals surface area contributed by atoms with Crippen molar-refractivity contribution in [2.24, 2.45) is 0 Å². The van der Waals surface area contributed by atoms with Gasteiger partial charge in [0.15, 0.2) is 0 Å². The van der Waals surface area contributed by atoms with Crippen molar-refractivity contribution >= 4 is 15.9 Å². The van der Waals surface area contributed by atoms with Crippen LogP contribution in [0.2, 0.25) is 0 Å². The maximum atomic E-state index is 12.5. The summed E-state index contributed by atoms with van der Waals surface area (Å²) in [6, 6.07) is 5.89. The number of fused-ring (bicyclic) bond motifs is 1. The van der Waals surface area contributed by atoms with Crippen molar-refractivity contribution in [2.75, 3.05) is 0 Å². The molecule has 15 heavy (non-hydrogen) atoms. The van der Waals surface area contributed by atoms with Gasteiger partial charge in [-0.15, -0.1) is 0 Å². The molecule has 0 saturated heterocycles. The van der Waals surface area contributed by atoms with Crippen LogP contribution in [0.3, 0.4) is 0 Å². The fraction of sp³-hybridized carbons (Fsp3) is 0.500. The van der Waals surface area contributed by atoms with Crippen molar-refractivity contribution in [1.29, 1.82) is 0 Å². The summed E-state index contributed by atoms with van der Waals surface area (Å²) >= 11 is 3.48. The van der Waals surface area contributed by atoms with Crippen molar-refractivity contribution in [2.45, 2.75) is 38.0 Å². The van der Waals surface area contributed by atoms with Crippen LogP contribution in [0, 0.1) is 0 Å². The van der Waals surface area contributed by atoms with E-state index in [1.54, 1.807) is 0 Å². The fourth-order valence-electron chi connectivity index (χ4n) is 2.47. The zero-order valence-corrected chi connectivity index (χ0v) is 10.2. The first-order valence-electron chi connectivity index (χ1n) is 5.09. The summed E-state index contributed by atoms with van der Waals surface area (Å²) in [5.74, 6) is 0. The van der Waals surface area contributed by atoms with E-state index in [4.69, 9.17) is 0 Å². The van der Waals surface area contributed by atoms with Gasteiger partial charge in [0.25, 0.3) is 0 Å². The second-order valence-corrected chi connectivity index (χ2v) is 5.28. The van der Waals surface area contributed by atoms with Crippen LogP contribution < -0.4 is 0 Å². The van der Waals surface area contributed by atoms with Crippen molar-refractivity contribution < 1.29 is 8.78 Å². The molecule has 0 amide bonds. The van der Waals surface area contributed by atoms with E-state index in [2.05, 4.69) is 15.9 Å². The Morgan fingerprint density at radius 2 is 2.20 bits per heavy atom. The van der Waals surface area contributed by atoms with E-state index in [1.165, 1.54) is 5.56 Å². The Morgan fingerprint density at radius 1 is 1.47 bits per heavy atom. The van der Waals surface area contributed by atoms with Crippen molar-refractivity contribution in [1.82, 2.24) is 0 Å². The molecule has 0 heterocycles. The molecule has 0 N–H and O–H groups in total. The predicted octanol–water partition coefficient (Wildman–Crippen LogP) is 4.31. The Labute approximate surface area is 96.8 Å². The van der Waals surface area contributed by atoms with Crippen LogP contribution >= 0.6 is 15.9 Å². The molecule has 1 aromatic carbocycles. The van der Waals surface area contributed by atoms with Gasteiger partial charge in [-0.25, -0.2) is 8.78 Å². The number of rotatable bonds is 2. The monoisotopic (exact) mass is 274 g/mol. The zero-order chi connectivity index (χ0) is 11.1. The lowest BCUT2D eigenvalue weighted by Gasteiger charge is -2.25. The molecule has 3 heteroatoms. The summed E-state index contributed by atoms with van der Waals surface area (Å²) in [7, 11) is 0. The largest absolute Gasteiger partial charge is 0.239 e. The first-order chi connectivity index (χ1) is 7.03. The van der Waals surface area contributed by atoms with Crippen LogP contribution in [0.4, 0.5) is 8.78 Å². The quantitative estimate of drug-likeness (QED) is 0.754. The fourth-order valence-corrected chi connectivity index (χ4v) is 3.03. The van der Waals surface area contributed by atoms with Gasteiger partial charge in [0.2, 0.25) is 6.43 Å². The Kier molecular flexibility index (Phi) is 2.84. The summed E-state index contributed by atoms with van der Waals surface area (Å²) < 4.78 is 26.1. The van der Waals surface area contributed by atoms with E-state index in [9.17, 15) is 8.78 Å². The average molecular weight is 275 g/mol. The molecule has 0 fully saturated rings. The minimum Gasteiger partial charge on any atom is -0.211 e. The number of hydrogen-bond donors (Lipinski definition) is 0. The van der Waals surface area contributed by atoms with E-state index < -0.39 is 6.43 Å². The van der Waals surface area contributed by atoms with Crippen LogP contribution in [0.1, 0.15) is 30.9 Å². The molecule has 0 bridgehead atoms. The van der Waals surface area contributed by atoms with E-state index in [0.29, 0.717) is 0 Å². The SMILES string of the molecule is CC1(CC(F)F)CCc2c(Br)cccc21. The van der Waals surface area contributed by atoms with Crippen molar-refractivity contribution in [3.05, 3.63) is 33.8 Å². The molecule has 1 aliphatic carbocycles. The highest BCUT2D eigenvalue weighted by Crippen LogP contribution is 2.44. The first kappa shape index (κ1) is 11.1. The van der Waals surface area contributed by atoms with Gasteiger partial charge in [0, 0.05) is 10.9 Å². The van der Waals surface area contributed by atoms with Crippen LogP contribution in [0.15, 0.2) is 22.7 Å². The Hall–Kier alpha value is -0.440. The van der Waals surface area contributed by atoms with Gasteiger partial charge in [-0.2, -0.15) is 0 Å². The Bertz CT molecular complexity index is 376. The summed E-state index contributed by atoms with van der Waals surface area (Å²) in [5, 5.41) is 0. The molecule has 0 radical (unpaired) electrons. The van der Waals surface area contributed by atoms with E-state index in [-0.39, 0.29) is 11.8 Å². The average Bonchev–Trinajstić information content (AvgIpc) is 2.44. The topological polar surface area (TPSA) is 0 Å². The van der Waals surface area contributed by atoms with Gasteiger partial charge < -0.3 is 0 Å². The van der Waals surface area contributed by atoms with Gasteiger partial charge in [-0.05, 0) is 35.4 Å². The molecule has 0 aliphatic heterocycles. The third-order valence-corrected chi connectivity index (χ3v) is 4.04. The van der Waals surface area contributed by atoms with Crippen molar-refractivity contribution in [3.8, 4) is 0 Å². The summed E-state index contributed by atoms with van der Waals surface area (Å²) in [5.41, 5.74) is 1.96. The van der Waals surface area contributed by atoms with Crippen LogP contribution in [-0.4, -0.2) is 6.43 Å².